The number of aldehydes is 1. The Morgan fingerprint density at radius 3 is 3.20 bits per heavy atom. The smallest absolute Gasteiger partial charge is 0.145 e. The van der Waals surface area contributed by atoms with Crippen LogP contribution in [-0.4, -0.2) is 6.29 Å². The summed E-state index contributed by atoms with van der Waals surface area (Å²) in [7, 11) is 0. The first-order valence-electron chi connectivity index (χ1n) is 4.01. The van der Waals surface area contributed by atoms with Crippen LogP contribution in [0.5, 0.6) is 0 Å². The first-order valence-corrected chi connectivity index (χ1v) is 4.01. The molecule has 0 saturated carbocycles. The van der Waals surface area contributed by atoms with Crippen molar-refractivity contribution in [2.45, 2.75) is 32.6 Å². The number of carbonyl (C=O) groups excluding carboxylic acids is 1. The molecule has 0 aliphatic heterocycles. The highest BCUT2D eigenvalue weighted by molar-refractivity contribution is 5.73. The van der Waals surface area contributed by atoms with Gasteiger partial charge in [-0.05, 0) is 30.8 Å². The molecule has 0 bridgehead atoms. The highest BCUT2D eigenvalue weighted by Gasteiger charge is 2.12. The molecule has 1 aliphatic rings. The normalized spacial score (nSPS) is 25.7. The molecule has 0 heterocycles. The lowest BCUT2D eigenvalue weighted by Crippen LogP contribution is -2.05. The van der Waals surface area contributed by atoms with Crippen molar-refractivity contribution in [2.24, 2.45) is 5.92 Å². The maximum Gasteiger partial charge on any atom is 0.145 e. The second kappa shape index (κ2) is 3.55. The Bertz CT molecular complexity index is 147. The first-order chi connectivity index (χ1) is 4.86. The summed E-state index contributed by atoms with van der Waals surface area (Å²) in [5.41, 5.74) is 1.01. The third kappa shape index (κ3) is 1.69. The van der Waals surface area contributed by atoms with Crippen LogP contribution in [0.4, 0.5) is 0 Å². The fourth-order valence-electron chi connectivity index (χ4n) is 1.47. The minimum Gasteiger partial charge on any atom is -0.298 e. The van der Waals surface area contributed by atoms with Gasteiger partial charge in [0.15, 0.2) is 0 Å². The summed E-state index contributed by atoms with van der Waals surface area (Å²) in [6.07, 6.45) is 7.67. The molecule has 0 aromatic rings. The van der Waals surface area contributed by atoms with Crippen LogP contribution in [-0.2, 0) is 4.79 Å². The number of rotatable bonds is 2. The van der Waals surface area contributed by atoms with Gasteiger partial charge < -0.3 is 0 Å². The summed E-state index contributed by atoms with van der Waals surface area (Å²) >= 11 is 0. The largest absolute Gasteiger partial charge is 0.298 e. The molecule has 0 amide bonds. The number of carbonyl (C=O) groups is 1. The molecule has 0 radical (unpaired) electrons. The van der Waals surface area contributed by atoms with E-state index in [1.807, 2.05) is 0 Å². The van der Waals surface area contributed by atoms with Crippen LogP contribution in [0.25, 0.3) is 0 Å². The van der Waals surface area contributed by atoms with Crippen LogP contribution >= 0.6 is 0 Å². The van der Waals surface area contributed by atoms with E-state index in [1.54, 1.807) is 0 Å². The third-order valence-corrected chi connectivity index (χ3v) is 2.23. The van der Waals surface area contributed by atoms with Crippen LogP contribution in [0.1, 0.15) is 32.6 Å². The molecule has 0 spiro atoms. The molecule has 56 valence electrons. The summed E-state index contributed by atoms with van der Waals surface area (Å²) in [6, 6.07) is 0. The molecule has 1 heteroatoms. The predicted octanol–water partition coefficient (Wildman–Crippen LogP) is 2.32. The Balaban J connectivity index is 2.48. The van der Waals surface area contributed by atoms with Crippen molar-refractivity contribution < 1.29 is 4.79 Å². The van der Waals surface area contributed by atoms with Crippen molar-refractivity contribution in [3.8, 4) is 0 Å². The predicted molar refractivity (Wildman–Crippen MR) is 41.8 cm³/mol. The molecule has 0 saturated heterocycles. The number of hydrogen-bond acceptors (Lipinski definition) is 1. The Hall–Kier alpha value is -0.590. The van der Waals surface area contributed by atoms with Gasteiger partial charge in [-0.25, -0.2) is 0 Å². The zero-order valence-corrected chi connectivity index (χ0v) is 6.47. The van der Waals surface area contributed by atoms with Gasteiger partial charge >= 0.3 is 0 Å². The van der Waals surface area contributed by atoms with Crippen LogP contribution < -0.4 is 0 Å². The molecule has 0 fully saturated rings. The van der Waals surface area contributed by atoms with Gasteiger partial charge in [0.25, 0.3) is 0 Å². The van der Waals surface area contributed by atoms with E-state index in [4.69, 9.17) is 0 Å². The molecular weight excluding hydrogens is 124 g/mol. The molecule has 1 aliphatic carbocycles. The summed E-state index contributed by atoms with van der Waals surface area (Å²) in [5.74, 6) is 0.769. The first kappa shape index (κ1) is 7.52. The van der Waals surface area contributed by atoms with Crippen LogP contribution in [0.2, 0.25) is 0 Å². The lowest BCUT2D eigenvalue weighted by molar-refractivity contribution is -0.105. The molecule has 0 aromatic carbocycles. The number of allylic oxidation sites excluding steroid dienone is 2. The summed E-state index contributed by atoms with van der Waals surface area (Å²) in [5, 5.41) is 0. The summed E-state index contributed by atoms with van der Waals surface area (Å²) in [4.78, 5) is 10.4. The highest BCUT2D eigenvalue weighted by Crippen LogP contribution is 2.24. The fraction of sp³-hybridized carbons (Fsp3) is 0.667. The van der Waals surface area contributed by atoms with Gasteiger partial charge in [-0.15, -0.1) is 0 Å². The van der Waals surface area contributed by atoms with E-state index in [1.165, 1.54) is 12.8 Å². The molecule has 1 unspecified atom stereocenters. The Kier molecular flexibility index (Phi) is 2.67. The summed E-state index contributed by atoms with van der Waals surface area (Å²) in [6.45, 7) is 2.19. The van der Waals surface area contributed by atoms with E-state index >= 15 is 0 Å². The molecular formula is C9H14O. The molecule has 1 rings (SSSR count). The highest BCUT2D eigenvalue weighted by atomic mass is 16.1. The van der Waals surface area contributed by atoms with Crippen LogP contribution in [0.15, 0.2) is 11.6 Å². The minimum absolute atomic E-state index is 0.769. The monoisotopic (exact) mass is 138 g/mol. The average molecular weight is 138 g/mol. The molecule has 0 aromatic heterocycles. The second-order valence-corrected chi connectivity index (χ2v) is 2.95. The van der Waals surface area contributed by atoms with Crippen LogP contribution in [0, 0.1) is 5.92 Å². The molecule has 1 nitrogen and oxygen atoms in total. The van der Waals surface area contributed by atoms with Crippen LogP contribution in [0.3, 0.4) is 0 Å². The third-order valence-electron chi connectivity index (χ3n) is 2.23. The quantitative estimate of drug-likeness (QED) is 0.535. The van der Waals surface area contributed by atoms with Gasteiger partial charge in [0.05, 0.1) is 0 Å². The number of hydrogen-bond donors (Lipinski definition) is 0. The van der Waals surface area contributed by atoms with E-state index in [9.17, 15) is 4.79 Å². The van der Waals surface area contributed by atoms with E-state index in [0.717, 1.165) is 30.6 Å². The van der Waals surface area contributed by atoms with Crippen molar-refractivity contribution >= 4 is 6.29 Å². The topological polar surface area (TPSA) is 17.1 Å². The van der Waals surface area contributed by atoms with E-state index in [0.29, 0.717) is 0 Å². The minimum atomic E-state index is 0.769. The molecule has 1 atom stereocenters. The Morgan fingerprint density at radius 1 is 1.80 bits per heavy atom. The van der Waals surface area contributed by atoms with E-state index < -0.39 is 0 Å². The standard InChI is InChI=1S/C9H14O/c1-2-8-4-3-5-9(6-8)7-10/h5,7-8H,2-4,6H2,1H3. The zero-order valence-electron chi connectivity index (χ0n) is 6.47. The summed E-state index contributed by atoms with van der Waals surface area (Å²) < 4.78 is 0. The van der Waals surface area contributed by atoms with Crippen molar-refractivity contribution in [1.29, 1.82) is 0 Å². The Morgan fingerprint density at radius 2 is 2.60 bits per heavy atom. The van der Waals surface area contributed by atoms with Gasteiger partial charge in [0.1, 0.15) is 6.29 Å². The van der Waals surface area contributed by atoms with Gasteiger partial charge in [-0.2, -0.15) is 0 Å². The molecule has 0 N–H and O–H groups in total. The van der Waals surface area contributed by atoms with E-state index in [-0.39, 0.29) is 0 Å². The maximum atomic E-state index is 10.4. The average Bonchev–Trinajstić information content (AvgIpc) is 2.05. The second-order valence-electron chi connectivity index (χ2n) is 2.95. The fourth-order valence-corrected chi connectivity index (χ4v) is 1.47. The van der Waals surface area contributed by atoms with Gasteiger partial charge in [0.2, 0.25) is 0 Å². The lowest BCUT2D eigenvalue weighted by Gasteiger charge is -2.17. The maximum absolute atomic E-state index is 10.4. The van der Waals surface area contributed by atoms with Crippen molar-refractivity contribution in [3.63, 3.8) is 0 Å². The zero-order chi connectivity index (χ0) is 7.40. The van der Waals surface area contributed by atoms with E-state index in [2.05, 4.69) is 13.0 Å². The Labute approximate surface area is 62.1 Å². The van der Waals surface area contributed by atoms with Crippen molar-refractivity contribution in [2.75, 3.05) is 0 Å². The van der Waals surface area contributed by atoms with Crippen molar-refractivity contribution in [1.82, 2.24) is 0 Å². The molecule has 10 heavy (non-hydrogen) atoms. The van der Waals surface area contributed by atoms with Crippen molar-refractivity contribution in [3.05, 3.63) is 11.6 Å². The lowest BCUT2D eigenvalue weighted by atomic mass is 9.88. The van der Waals surface area contributed by atoms with Gasteiger partial charge in [-0.3, -0.25) is 4.79 Å². The SMILES string of the molecule is CCC1CCC=C(C=O)C1. The van der Waals surface area contributed by atoms with Gasteiger partial charge in [-0.1, -0.05) is 19.4 Å². The van der Waals surface area contributed by atoms with Gasteiger partial charge in [0, 0.05) is 0 Å².